The van der Waals surface area contributed by atoms with Crippen LogP contribution in [0.1, 0.15) is 12.8 Å². The predicted octanol–water partition coefficient (Wildman–Crippen LogP) is -3.24. The van der Waals surface area contributed by atoms with Crippen LogP contribution in [0.3, 0.4) is 0 Å². The van der Waals surface area contributed by atoms with E-state index in [1.165, 1.54) is 0 Å². The summed E-state index contributed by atoms with van der Waals surface area (Å²) in [5, 5.41) is 52.8. The van der Waals surface area contributed by atoms with Crippen LogP contribution in [0.2, 0.25) is 0 Å². The van der Waals surface area contributed by atoms with E-state index in [2.05, 4.69) is 4.74 Å². The molecule has 0 aliphatic heterocycles. The summed E-state index contributed by atoms with van der Waals surface area (Å²) < 4.78 is 4.41. The van der Waals surface area contributed by atoms with Crippen LogP contribution < -0.4 is 0 Å². The average molecular weight is 366 g/mol. The Morgan fingerprint density at radius 1 is 0.826 bits per heavy atom. The second kappa shape index (κ2) is 9.62. The number of rotatable bonds is 10. The molecular weight excluding hydrogens is 352 g/mol. The van der Waals surface area contributed by atoms with E-state index >= 15 is 0 Å². The number of carboxylic acid groups (broad SMARTS) is 5. The fourth-order valence-corrected chi connectivity index (χ4v) is 1.46. The Hall–Kier alpha value is -1.47. The quantitative estimate of drug-likeness (QED) is 0.210. The van der Waals surface area contributed by atoms with Gasteiger partial charge in [-0.05, 0) is 0 Å². The monoisotopic (exact) mass is 366 g/mol. The van der Waals surface area contributed by atoms with Crippen LogP contribution >= 0.6 is 0 Å². The number of hydrogen-bond donors (Lipinski definition) is 6. The van der Waals surface area contributed by atoms with E-state index in [0.29, 0.717) is 0 Å². The third kappa shape index (κ3) is 7.09. The molecule has 0 heterocycles. The van der Waals surface area contributed by atoms with Crippen LogP contribution in [0.4, 0.5) is 0 Å². The Kier molecular flexibility index (Phi) is 9.95. The fraction of sp³-hybridized carbons (Fsp3) is 0.500. The van der Waals surface area contributed by atoms with E-state index in [9.17, 15) is 29.1 Å². The first kappa shape index (κ1) is 23.8. The molecule has 0 spiro atoms. The molecule has 13 heteroatoms. The Bertz CT molecular complexity index is 484. The van der Waals surface area contributed by atoms with Gasteiger partial charge in [0.05, 0.1) is 12.8 Å². The van der Waals surface area contributed by atoms with Gasteiger partial charge in [0, 0.05) is 0 Å². The maximum absolute atomic E-state index is 11.2. The van der Waals surface area contributed by atoms with Gasteiger partial charge in [0.15, 0.2) is 17.8 Å². The number of hydrogen-bond acceptors (Lipinski definition) is 7. The molecule has 12 nitrogen and oxygen atoms in total. The molecule has 0 rings (SSSR count). The molecule has 0 aromatic carbocycles. The van der Waals surface area contributed by atoms with E-state index in [1.54, 1.807) is 0 Å². The molecule has 0 amide bonds. The van der Waals surface area contributed by atoms with Crippen molar-refractivity contribution in [2.75, 3.05) is 0 Å². The molecular formula is C10H14CaO12. The number of ether oxygens (including phenoxy) is 1. The van der Waals surface area contributed by atoms with Gasteiger partial charge in [-0.25, -0.2) is 14.4 Å². The van der Waals surface area contributed by atoms with Crippen molar-refractivity contribution in [3.05, 3.63) is 0 Å². The van der Waals surface area contributed by atoms with Crippen molar-refractivity contribution >= 4 is 67.6 Å². The zero-order chi connectivity index (χ0) is 17.7. The summed E-state index contributed by atoms with van der Waals surface area (Å²) in [6.07, 6.45) is -8.36. The number of carbonyl (C=O) groups is 5. The minimum atomic E-state index is -3.07. The average Bonchev–Trinajstić information content (AvgIpc) is 2.32. The maximum atomic E-state index is 11.2. The summed E-state index contributed by atoms with van der Waals surface area (Å²) in [6.45, 7) is 0. The van der Waals surface area contributed by atoms with E-state index < -0.39 is 60.5 Å². The van der Waals surface area contributed by atoms with E-state index in [-0.39, 0.29) is 37.7 Å². The molecule has 128 valence electrons. The summed E-state index contributed by atoms with van der Waals surface area (Å²) in [5.74, 6) is -10.0. The minimum absolute atomic E-state index is 0. The number of aliphatic carboxylic acids is 5. The summed E-state index contributed by atoms with van der Waals surface area (Å²) in [5.41, 5.74) is -3.07. The van der Waals surface area contributed by atoms with Gasteiger partial charge in [-0.1, -0.05) is 0 Å². The molecule has 0 aromatic heterocycles. The molecule has 0 aliphatic carbocycles. The van der Waals surface area contributed by atoms with Crippen molar-refractivity contribution in [3.63, 3.8) is 0 Å². The van der Waals surface area contributed by atoms with Crippen molar-refractivity contribution in [1.82, 2.24) is 0 Å². The second-order valence-electron chi connectivity index (χ2n) is 4.10. The number of aliphatic hydroxyl groups is 1. The van der Waals surface area contributed by atoms with Gasteiger partial charge < -0.3 is 35.4 Å². The van der Waals surface area contributed by atoms with Crippen LogP contribution in [0.15, 0.2) is 0 Å². The van der Waals surface area contributed by atoms with Gasteiger partial charge in [0.1, 0.15) is 0 Å². The molecule has 0 saturated heterocycles. The van der Waals surface area contributed by atoms with Crippen LogP contribution in [-0.2, 0) is 28.7 Å². The Balaban J connectivity index is 0. The summed E-state index contributed by atoms with van der Waals surface area (Å²) in [4.78, 5) is 54.0. The van der Waals surface area contributed by atoms with E-state index in [4.69, 9.17) is 25.5 Å². The molecule has 0 fully saturated rings. The predicted molar refractivity (Wildman–Crippen MR) is 69.6 cm³/mol. The van der Waals surface area contributed by atoms with Crippen molar-refractivity contribution in [2.24, 2.45) is 0 Å². The molecule has 6 N–H and O–H groups in total. The van der Waals surface area contributed by atoms with Crippen molar-refractivity contribution in [3.8, 4) is 0 Å². The molecule has 23 heavy (non-hydrogen) atoms. The van der Waals surface area contributed by atoms with Gasteiger partial charge in [0.2, 0.25) is 0 Å². The first-order valence-electron chi connectivity index (χ1n) is 5.41. The van der Waals surface area contributed by atoms with E-state index in [1.807, 2.05) is 0 Å². The summed E-state index contributed by atoms with van der Waals surface area (Å²) in [6, 6.07) is 0. The number of carboxylic acids is 5. The SMILES string of the molecule is O=C(O)CC(CC(=O)O)(OC(C(=O)O)C(O)C(=O)O)C(=O)O.[CaH2]. The fourth-order valence-electron chi connectivity index (χ4n) is 1.46. The van der Waals surface area contributed by atoms with Crippen LogP contribution in [0.5, 0.6) is 0 Å². The van der Waals surface area contributed by atoms with Crippen molar-refractivity contribution in [1.29, 1.82) is 0 Å². The normalized spacial score (nSPS) is 13.3. The topological polar surface area (TPSA) is 216 Å². The van der Waals surface area contributed by atoms with Crippen LogP contribution in [-0.4, -0.2) is 116 Å². The third-order valence-corrected chi connectivity index (χ3v) is 2.40. The number of aliphatic hydroxyl groups excluding tert-OH is 1. The zero-order valence-corrected chi connectivity index (χ0v) is 10.7. The second-order valence-corrected chi connectivity index (χ2v) is 4.10. The first-order chi connectivity index (χ1) is 9.92. The standard InChI is InChI=1S/C10H12O12.Ca.2H/c11-3(12)1-10(9(20)21,2-4(13)14)22-6(8(18)19)5(15)7(16)17;;;/h5-6,15H,1-2H2,(H,11,12)(H,13,14)(H,16,17)(H,18,19)(H,20,21);;;. The summed E-state index contributed by atoms with van der Waals surface area (Å²) in [7, 11) is 0. The molecule has 0 aliphatic rings. The van der Waals surface area contributed by atoms with Gasteiger partial charge in [0.25, 0.3) is 0 Å². The summed E-state index contributed by atoms with van der Waals surface area (Å²) >= 11 is 0. The van der Waals surface area contributed by atoms with Crippen LogP contribution in [0.25, 0.3) is 0 Å². The molecule has 0 saturated carbocycles. The van der Waals surface area contributed by atoms with Crippen LogP contribution in [0, 0.1) is 0 Å². The van der Waals surface area contributed by atoms with Crippen molar-refractivity contribution < 1.29 is 59.3 Å². The molecule has 0 aromatic rings. The Labute approximate surface area is 157 Å². The first-order valence-corrected chi connectivity index (χ1v) is 5.41. The zero-order valence-electron chi connectivity index (χ0n) is 10.7. The van der Waals surface area contributed by atoms with Gasteiger partial charge in [-0.3, -0.25) is 9.59 Å². The molecule has 2 atom stereocenters. The molecule has 0 radical (unpaired) electrons. The molecule has 2 unspecified atom stereocenters. The Morgan fingerprint density at radius 3 is 1.43 bits per heavy atom. The Morgan fingerprint density at radius 2 is 1.22 bits per heavy atom. The van der Waals surface area contributed by atoms with Gasteiger partial charge in [-0.15, -0.1) is 0 Å². The molecule has 0 bridgehead atoms. The van der Waals surface area contributed by atoms with Gasteiger partial charge >= 0.3 is 67.6 Å². The van der Waals surface area contributed by atoms with E-state index in [0.717, 1.165) is 0 Å². The third-order valence-electron chi connectivity index (χ3n) is 2.40. The van der Waals surface area contributed by atoms with Crippen molar-refractivity contribution in [2.45, 2.75) is 30.7 Å². The van der Waals surface area contributed by atoms with Gasteiger partial charge in [-0.2, -0.15) is 0 Å².